The molecular formula is C25H34O4. The summed E-state index contributed by atoms with van der Waals surface area (Å²) in [6, 6.07) is 0. The lowest BCUT2D eigenvalue weighted by Gasteiger charge is -2.55. The minimum absolute atomic E-state index is 0.0217. The number of methoxy groups -OCH3 is 1. The Balaban J connectivity index is 1.41. The van der Waals surface area contributed by atoms with Gasteiger partial charge in [-0.15, -0.1) is 0 Å². The highest BCUT2D eigenvalue weighted by Gasteiger charge is 2.72. The molecule has 5 rings (SSSR count). The third kappa shape index (κ3) is 2.67. The smallest absolute Gasteiger partial charge is 0.305 e. The number of ketones is 1. The molecule has 0 spiro atoms. The highest BCUT2D eigenvalue weighted by Crippen LogP contribution is 2.72. The summed E-state index contributed by atoms with van der Waals surface area (Å²) in [7, 11) is 1.48. The molecule has 0 aromatic heterocycles. The summed E-state index contributed by atoms with van der Waals surface area (Å²) in [5, 5.41) is 0. The van der Waals surface area contributed by atoms with Gasteiger partial charge in [0, 0.05) is 23.2 Å². The maximum Gasteiger partial charge on any atom is 0.305 e. The Morgan fingerprint density at radius 3 is 2.86 bits per heavy atom. The van der Waals surface area contributed by atoms with Crippen molar-refractivity contribution in [3.05, 3.63) is 23.8 Å². The topological polar surface area (TPSA) is 55.9 Å². The molecule has 0 amide bonds. The Morgan fingerprint density at radius 1 is 1.31 bits per heavy atom. The van der Waals surface area contributed by atoms with E-state index < -0.39 is 0 Å². The van der Waals surface area contributed by atoms with Gasteiger partial charge < -0.3 is 9.47 Å². The third-order valence-electron chi connectivity index (χ3n) is 9.62. The molecule has 5 aliphatic rings. The first-order valence-electron chi connectivity index (χ1n) is 11.5. The van der Waals surface area contributed by atoms with Crippen molar-refractivity contribution >= 4 is 11.8 Å². The number of hydrogen-bond donors (Lipinski definition) is 0. The van der Waals surface area contributed by atoms with Crippen LogP contribution in [0.2, 0.25) is 0 Å². The van der Waals surface area contributed by atoms with E-state index in [2.05, 4.69) is 26.8 Å². The van der Waals surface area contributed by atoms with E-state index >= 15 is 0 Å². The first-order valence-corrected chi connectivity index (χ1v) is 11.5. The fourth-order valence-corrected chi connectivity index (χ4v) is 8.18. The summed E-state index contributed by atoms with van der Waals surface area (Å²) in [6.45, 7) is 7.15. The fourth-order valence-electron chi connectivity index (χ4n) is 8.18. The Labute approximate surface area is 174 Å². The zero-order chi connectivity index (χ0) is 20.6. The van der Waals surface area contributed by atoms with Crippen LogP contribution in [-0.4, -0.2) is 31.1 Å². The molecule has 4 nitrogen and oxygen atoms in total. The quantitative estimate of drug-likeness (QED) is 0.517. The standard InChI is InChI=1S/C25H34O4/c1-14(5-10-20(27)28-4)18-8-9-19-17-7-6-15-13-16(26)11-12-24(15,2)21(17)22-23(29-22)25(18,19)3/h11-14,17-19,21-23H,5-10H2,1-4H3/t14?,17?,18-,19?,21?,22+,23+,24+,25-/m1/s1. The van der Waals surface area contributed by atoms with E-state index in [-0.39, 0.29) is 22.6 Å². The summed E-state index contributed by atoms with van der Waals surface area (Å²) in [4.78, 5) is 23.6. The van der Waals surface area contributed by atoms with Crippen molar-refractivity contribution in [3.8, 4) is 0 Å². The van der Waals surface area contributed by atoms with E-state index in [1.165, 1.54) is 31.9 Å². The van der Waals surface area contributed by atoms with Gasteiger partial charge in [0.15, 0.2) is 5.78 Å². The molecule has 1 saturated heterocycles. The first kappa shape index (κ1) is 19.5. The van der Waals surface area contributed by atoms with Gasteiger partial charge in [0.1, 0.15) is 0 Å². The maximum atomic E-state index is 12.0. The monoisotopic (exact) mass is 398 g/mol. The minimum atomic E-state index is -0.0982. The number of hydrogen-bond acceptors (Lipinski definition) is 4. The second-order valence-electron chi connectivity index (χ2n) is 10.7. The molecule has 158 valence electrons. The van der Waals surface area contributed by atoms with Crippen LogP contribution in [0.15, 0.2) is 23.8 Å². The Hall–Kier alpha value is -1.42. The van der Waals surface area contributed by atoms with Crippen molar-refractivity contribution in [2.45, 2.75) is 71.5 Å². The van der Waals surface area contributed by atoms with Crippen LogP contribution in [-0.2, 0) is 19.1 Å². The van der Waals surface area contributed by atoms with Gasteiger partial charge in [0.2, 0.25) is 0 Å². The van der Waals surface area contributed by atoms with Crippen molar-refractivity contribution in [1.82, 2.24) is 0 Å². The molecule has 4 fully saturated rings. The summed E-state index contributed by atoms with van der Waals surface area (Å²) >= 11 is 0. The average molecular weight is 399 g/mol. The molecule has 29 heavy (non-hydrogen) atoms. The van der Waals surface area contributed by atoms with Gasteiger partial charge in [-0.25, -0.2) is 0 Å². The highest BCUT2D eigenvalue weighted by atomic mass is 16.6. The zero-order valence-corrected chi connectivity index (χ0v) is 18.1. The van der Waals surface area contributed by atoms with Gasteiger partial charge >= 0.3 is 5.97 Å². The van der Waals surface area contributed by atoms with Crippen molar-refractivity contribution in [3.63, 3.8) is 0 Å². The molecule has 1 heterocycles. The van der Waals surface area contributed by atoms with Crippen LogP contribution in [0, 0.1) is 40.4 Å². The summed E-state index contributed by atoms with van der Waals surface area (Å²) in [5.41, 5.74) is 1.52. The number of esters is 1. The molecule has 0 bridgehead atoms. The number of epoxide rings is 1. The predicted molar refractivity (Wildman–Crippen MR) is 110 cm³/mol. The van der Waals surface area contributed by atoms with Crippen molar-refractivity contribution in [1.29, 1.82) is 0 Å². The molecule has 0 N–H and O–H groups in total. The number of fused-ring (bicyclic) bond motifs is 8. The molecule has 4 unspecified atom stereocenters. The molecule has 4 heteroatoms. The Morgan fingerprint density at radius 2 is 2.10 bits per heavy atom. The molecule has 3 saturated carbocycles. The van der Waals surface area contributed by atoms with E-state index in [9.17, 15) is 9.59 Å². The summed E-state index contributed by atoms with van der Waals surface area (Å²) < 4.78 is 11.4. The van der Waals surface area contributed by atoms with Crippen LogP contribution >= 0.6 is 0 Å². The normalized spacial score (nSPS) is 48.0. The van der Waals surface area contributed by atoms with E-state index in [1.54, 1.807) is 6.08 Å². The van der Waals surface area contributed by atoms with E-state index in [1.807, 2.05) is 6.08 Å². The Bertz CT molecular complexity index is 797. The van der Waals surface area contributed by atoms with Gasteiger partial charge in [-0.2, -0.15) is 0 Å². The molecule has 4 aliphatic carbocycles. The number of carbonyl (C=O) groups is 2. The SMILES string of the molecule is COC(=O)CCC(C)[C@H]1CCC2C3CCC4=CC(=O)C=C[C@]4(C)C3[C@@H]3O[C@@H]3[C@@]21C. The van der Waals surface area contributed by atoms with Crippen LogP contribution in [0.4, 0.5) is 0 Å². The van der Waals surface area contributed by atoms with Crippen LogP contribution in [0.25, 0.3) is 0 Å². The first-order chi connectivity index (χ1) is 13.8. The van der Waals surface area contributed by atoms with E-state index in [0.717, 1.165) is 12.8 Å². The number of ether oxygens (including phenoxy) is 2. The van der Waals surface area contributed by atoms with E-state index in [0.29, 0.717) is 48.2 Å². The van der Waals surface area contributed by atoms with Gasteiger partial charge in [0.05, 0.1) is 19.3 Å². The number of rotatable bonds is 4. The average Bonchev–Trinajstić information content (AvgIpc) is 3.42. The van der Waals surface area contributed by atoms with E-state index in [4.69, 9.17) is 9.47 Å². The predicted octanol–water partition coefficient (Wildman–Crippen LogP) is 4.49. The van der Waals surface area contributed by atoms with Crippen LogP contribution < -0.4 is 0 Å². The van der Waals surface area contributed by atoms with Crippen molar-refractivity contribution in [2.24, 2.45) is 40.4 Å². The second kappa shape index (κ2) is 6.54. The lowest BCUT2D eigenvalue weighted by atomic mass is 9.47. The molecule has 1 aliphatic heterocycles. The van der Waals surface area contributed by atoms with Crippen LogP contribution in [0.5, 0.6) is 0 Å². The van der Waals surface area contributed by atoms with Gasteiger partial charge in [0.25, 0.3) is 0 Å². The molecule has 9 atom stereocenters. The second-order valence-corrected chi connectivity index (χ2v) is 10.7. The van der Waals surface area contributed by atoms with Gasteiger partial charge in [-0.3, -0.25) is 9.59 Å². The molecule has 0 aromatic rings. The van der Waals surface area contributed by atoms with Crippen LogP contribution in [0.1, 0.15) is 59.3 Å². The van der Waals surface area contributed by atoms with Gasteiger partial charge in [-0.05, 0) is 67.9 Å². The summed E-state index contributed by atoms with van der Waals surface area (Å²) in [5.74, 6) is 3.02. The fraction of sp³-hybridized carbons (Fsp3) is 0.760. The zero-order valence-electron chi connectivity index (χ0n) is 18.1. The highest BCUT2D eigenvalue weighted by molar-refractivity contribution is 6.01. The molecule has 0 radical (unpaired) electrons. The summed E-state index contributed by atoms with van der Waals surface area (Å²) in [6.07, 6.45) is 12.7. The largest absolute Gasteiger partial charge is 0.469 e. The number of carbonyl (C=O) groups excluding carboxylic acids is 2. The third-order valence-corrected chi connectivity index (χ3v) is 9.62. The number of allylic oxidation sites excluding steroid dienone is 4. The Kier molecular flexibility index (Phi) is 4.40. The van der Waals surface area contributed by atoms with Crippen LogP contribution in [0.3, 0.4) is 0 Å². The molecule has 0 aromatic carbocycles. The van der Waals surface area contributed by atoms with Gasteiger partial charge in [-0.1, -0.05) is 32.4 Å². The lowest BCUT2D eigenvalue weighted by molar-refractivity contribution is -0.141. The minimum Gasteiger partial charge on any atom is -0.469 e. The van der Waals surface area contributed by atoms with Crippen molar-refractivity contribution < 1.29 is 19.1 Å². The maximum absolute atomic E-state index is 12.0. The molecular weight excluding hydrogens is 364 g/mol. The van der Waals surface area contributed by atoms with Crippen molar-refractivity contribution in [2.75, 3.05) is 7.11 Å². The lowest BCUT2D eigenvalue weighted by Crippen LogP contribution is -2.54.